The van der Waals surface area contributed by atoms with Crippen LogP contribution >= 0.6 is 0 Å². The Morgan fingerprint density at radius 1 is 1.00 bits per heavy atom. The van der Waals surface area contributed by atoms with Crippen molar-refractivity contribution in [3.05, 3.63) is 65.2 Å². The lowest BCUT2D eigenvalue weighted by Crippen LogP contribution is -2.41. The van der Waals surface area contributed by atoms with Gasteiger partial charge in [0.25, 0.3) is 5.91 Å². The van der Waals surface area contributed by atoms with Gasteiger partial charge in [0, 0.05) is 24.3 Å². The number of benzene rings is 2. The molecule has 2 aliphatic carbocycles. The van der Waals surface area contributed by atoms with E-state index in [2.05, 4.69) is 47.8 Å². The molecule has 1 N–H and O–H groups in total. The van der Waals surface area contributed by atoms with E-state index in [1.54, 1.807) is 0 Å². The SMILES string of the molecule is O=C(c1ccc2c(c1)[C@H]1[C@H]3CC[C@H](C3)[C@@H]1[C@@H](c1ccccc1)N2)N1CCOCC1. The molecule has 5 atom stereocenters. The number of fused-ring (bicyclic) bond motifs is 7. The lowest BCUT2D eigenvalue weighted by Gasteiger charge is -2.43. The molecule has 2 aliphatic heterocycles. The Labute approximate surface area is 172 Å². The number of rotatable bonds is 2. The van der Waals surface area contributed by atoms with E-state index in [0.717, 1.165) is 17.4 Å². The number of amides is 1. The van der Waals surface area contributed by atoms with Gasteiger partial charge in [-0.3, -0.25) is 4.79 Å². The van der Waals surface area contributed by atoms with E-state index in [0.29, 0.717) is 44.2 Å². The normalized spacial score (nSPS) is 32.4. The molecule has 0 aromatic heterocycles. The summed E-state index contributed by atoms with van der Waals surface area (Å²) < 4.78 is 5.42. The number of carbonyl (C=O) groups is 1. The highest BCUT2D eigenvalue weighted by Crippen LogP contribution is 2.63. The molecule has 2 bridgehead atoms. The summed E-state index contributed by atoms with van der Waals surface area (Å²) in [5, 5.41) is 3.87. The van der Waals surface area contributed by atoms with Crippen molar-refractivity contribution in [3.8, 4) is 0 Å². The fraction of sp³-hybridized carbons (Fsp3) is 0.480. The van der Waals surface area contributed by atoms with Crippen LogP contribution in [0.1, 0.15) is 52.7 Å². The molecule has 0 unspecified atom stereocenters. The molecular formula is C25H28N2O2. The maximum Gasteiger partial charge on any atom is 0.254 e. The zero-order valence-corrected chi connectivity index (χ0v) is 16.7. The molecule has 0 spiro atoms. The second kappa shape index (κ2) is 6.88. The van der Waals surface area contributed by atoms with Crippen molar-refractivity contribution in [1.29, 1.82) is 0 Å². The number of nitrogens with zero attached hydrogens (tertiary/aromatic N) is 1. The maximum atomic E-state index is 13.1. The van der Waals surface area contributed by atoms with Gasteiger partial charge in [-0.05, 0) is 72.3 Å². The molecule has 4 aliphatic rings. The molecular weight excluding hydrogens is 360 g/mol. The number of hydrogen-bond donors (Lipinski definition) is 1. The first-order valence-corrected chi connectivity index (χ1v) is 11.1. The second-order valence-electron chi connectivity index (χ2n) is 9.18. The summed E-state index contributed by atoms with van der Waals surface area (Å²) in [6, 6.07) is 17.7. The van der Waals surface area contributed by atoms with E-state index in [-0.39, 0.29) is 5.91 Å². The van der Waals surface area contributed by atoms with Crippen LogP contribution in [0, 0.1) is 17.8 Å². The third-order valence-electron chi connectivity index (χ3n) is 7.79. The first kappa shape index (κ1) is 17.5. The predicted molar refractivity (Wildman–Crippen MR) is 113 cm³/mol. The summed E-state index contributed by atoms with van der Waals surface area (Å²) in [7, 11) is 0. The molecule has 4 heteroatoms. The maximum absolute atomic E-state index is 13.1. The van der Waals surface area contributed by atoms with Crippen LogP contribution in [0.25, 0.3) is 0 Å². The van der Waals surface area contributed by atoms with Gasteiger partial charge in [0.15, 0.2) is 0 Å². The molecule has 3 fully saturated rings. The Balaban J connectivity index is 1.38. The Bertz CT molecular complexity index is 922. The van der Waals surface area contributed by atoms with Crippen LogP contribution in [-0.4, -0.2) is 37.1 Å². The summed E-state index contributed by atoms with van der Waals surface area (Å²) >= 11 is 0. The quantitative estimate of drug-likeness (QED) is 0.826. The molecule has 0 radical (unpaired) electrons. The first-order chi connectivity index (χ1) is 14.3. The molecule has 150 valence electrons. The van der Waals surface area contributed by atoms with Crippen molar-refractivity contribution in [2.24, 2.45) is 17.8 Å². The van der Waals surface area contributed by atoms with Crippen LogP contribution in [0.4, 0.5) is 5.69 Å². The van der Waals surface area contributed by atoms with Crippen molar-refractivity contribution in [2.45, 2.75) is 31.2 Å². The summed E-state index contributed by atoms with van der Waals surface area (Å²) in [5.41, 5.74) is 4.85. The lowest BCUT2D eigenvalue weighted by molar-refractivity contribution is 0.0303. The van der Waals surface area contributed by atoms with Gasteiger partial charge in [0.1, 0.15) is 0 Å². The lowest BCUT2D eigenvalue weighted by atomic mass is 9.68. The number of hydrogen-bond acceptors (Lipinski definition) is 3. The molecule has 4 nitrogen and oxygen atoms in total. The number of carbonyl (C=O) groups excluding carboxylic acids is 1. The van der Waals surface area contributed by atoms with Crippen molar-refractivity contribution in [2.75, 3.05) is 31.6 Å². The Hall–Kier alpha value is -2.33. The second-order valence-corrected chi connectivity index (χ2v) is 9.18. The predicted octanol–water partition coefficient (Wildman–Crippen LogP) is 4.46. The Morgan fingerprint density at radius 2 is 1.79 bits per heavy atom. The summed E-state index contributed by atoms with van der Waals surface area (Å²) in [6.07, 6.45) is 4.05. The number of anilines is 1. The van der Waals surface area contributed by atoms with Gasteiger partial charge in [0.05, 0.1) is 19.3 Å². The van der Waals surface area contributed by atoms with E-state index >= 15 is 0 Å². The molecule has 1 saturated heterocycles. The zero-order chi connectivity index (χ0) is 19.4. The summed E-state index contributed by atoms with van der Waals surface area (Å²) in [4.78, 5) is 15.0. The molecule has 6 rings (SSSR count). The molecule has 2 aromatic carbocycles. The number of ether oxygens (including phenoxy) is 1. The molecule has 2 heterocycles. The largest absolute Gasteiger partial charge is 0.378 e. The van der Waals surface area contributed by atoms with Crippen LogP contribution < -0.4 is 5.32 Å². The van der Waals surface area contributed by atoms with Crippen molar-refractivity contribution in [3.63, 3.8) is 0 Å². The van der Waals surface area contributed by atoms with Crippen LogP contribution in [-0.2, 0) is 4.74 Å². The Kier molecular flexibility index (Phi) is 4.15. The van der Waals surface area contributed by atoms with E-state index in [1.165, 1.54) is 36.1 Å². The number of nitrogens with one attached hydrogen (secondary N) is 1. The topological polar surface area (TPSA) is 41.6 Å². The minimum Gasteiger partial charge on any atom is -0.378 e. The van der Waals surface area contributed by atoms with Crippen LogP contribution in [0.3, 0.4) is 0 Å². The fourth-order valence-corrected chi connectivity index (χ4v) is 6.56. The van der Waals surface area contributed by atoms with Crippen LogP contribution in [0.15, 0.2) is 48.5 Å². The van der Waals surface area contributed by atoms with Gasteiger partial charge in [-0.25, -0.2) is 0 Å². The van der Waals surface area contributed by atoms with Gasteiger partial charge in [0.2, 0.25) is 0 Å². The van der Waals surface area contributed by atoms with Gasteiger partial charge < -0.3 is 15.0 Å². The van der Waals surface area contributed by atoms with Crippen LogP contribution in [0.5, 0.6) is 0 Å². The smallest absolute Gasteiger partial charge is 0.254 e. The standard InChI is InChI=1S/C25H28N2O2/c28-25(27-10-12-29-13-11-27)19-8-9-21-20(15-19)22-17-6-7-18(14-17)23(22)24(26-21)16-4-2-1-3-5-16/h1-5,8-9,15,17-18,22-24,26H,6-7,10-14H2/t17-,18+,22+,23-,24+/m0/s1. The van der Waals surface area contributed by atoms with E-state index in [1.807, 2.05) is 11.0 Å². The highest BCUT2D eigenvalue weighted by Gasteiger charge is 2.53. The fourth-order valence-electron chi connectivity index (χ4n) is 6.56. The van der Waals surface area contributed by atoms with Crippen LogP contribution in [0.2, 0.25) is 0 Å². The van der Waals surface area contributed by atoms with Crippen molar-refractivity contribution >= 4 is 11.6 Å². The third-order valence-corrected chi connectivity index (χ3v) is 7.79. The van der Waals surface area contributed by atoms with Gasteiger partial charge in [-0.15, -0.1) is 0 Å². The highest BCUT2D eigenvalue weighted by molar-refractivity contribution is 5.95. The Morgan fingerprint density at radius 3 is 2.62 bits per heavy atom. The first-order valence-electron chi connectivity index (χ1n) is 11.1. The summed E-state index contributed by atoms with van der Waals surface area (Å²) in [5.74, 6) is 2.94. The van der Waals surface area contributed by atoms with E-state index in [4.69, 9.17) is 4.74 Å². The van der Waals surface area contributed by atoms with E-state index < -0.39 is 0 Å². The minimum absolute atomic E-state index is 0.154. The molecule has 2 saturated carbocycles. The monoisotopic (exact) mass is 388 g/mol. The molecule has 2 aromatic rings. The average molecular weight is 389 g/mol. The molecule has 29 heavy (non-hydrogen) atoms. The molecule has 1 amide bonds. The van der Waals surface area contributed by atoms with E-state index in [9.17, 15) is 4.79 Å². The zero-order valence-electron chi connectivity index (χ0n) is 16.7. The minimum atomic E-state index is 0.154. The summed E-state index contributed by atoms with van der Waals surface area (Å²) in [6.45, 7) is 2.68. The van der Waals surface area contributed by atoms with Crippen molar-refractivity contribution in [1.82, 2.24) is 4.90 Å². The number of morpholine rings is 1. The van der Waals surface area contributed by atoms with Gasteiger partial charge in [-0.2, -0.15) is 0 Å². The third kappa shape index (κ3) is 2.80. The highest BCUT2D eigenvalue weighted by atomic mass is 16.5. The average Bonchev–Trinajstić information content (AvgIpc) is 3.42. The van der Waals surface area contributed by atoms with Gasteiger partial charge in [-0.1, -0.05) is 30.3 Å². The van der Waals surface area contributed by atoms with Gasteiger partial charge >= 0.3 is 0 Å². The van der Waals surface area contributed by atoms with Crippen molar-refractivity contribution < 1.29 is 9.53 Å².